The lowest BCUT2D eigenvalue weighted by atomic mass is 10.2. The Bertz CT molecular complexity index is 528. The van der Waals surface area contributed by atoms with Crippen LogP contribution in [0.2, 0.25) is 0 Å². The van der Waals surface area contributed by atoms with Crippen LogP contribution in [0.15, 0.2) is 24.9 Å². The van der Waals surface area contributed by atoms with Crippen LogP contribution in [0.5, 0.6) is 0 Å². The third-order valence-electron chi connectivity index (χ3n) is 2.13. The van der Waals surface area contributed by atoms with E-state index in [0.29, 0.717) is 11.3 Å². The molecule has 0 saturated heterocycles. The summed E-state index contributed by atoms with van der Waals surface area (Å²) in [6.45, 7) is 3.65. The van der Waals surface area contributed by atoms with Gasteiger partial charge in [0.15, 0.2) is 0 Å². The van der Waals surface area contributed by atoms with Gasteiger partial charge >= 0.3 is 5.97 Å². The number of hydrogen-bond acceptors (Lipinski definition) is 3. The molecule has 2 aromatic rings. The second-order valence-electron chi connectivity index (χ2n) is 3.09. The molecule has 0 aliphatic heterocycles. The van der Waals surface area contributed by atoms with E-state index in [9.17, 15) is 4.79 Å². The molecule has 4 nitrogen and oxygen atoms in total. The van der Waals surface area contributed by atoms with Gasteiger partial charge in [0, 0.05) is 11.6 Å². The van der Waals surface area contributed by atoms with Crippen LogP contribution in [0.25, 0.3) is 17.1 Å². The van der Waals surface area contributed by atoms with Gasteiger partial charge in [-0.1, -0.05) is 12.7 Å². The second-order valence-corrected chi connectivity index (χ2v) is 3.09. The molecule has 0 bridgehead atoms. The van der Waals surface area contributed by atoms with E-state index < -0.39 is 5.97 Å². The van der Waals surface area contributed by atoms with Crippen LogP contribution >= 0.6 is 0 Å². The number of pyridine rings is 1. The third kappa shape index (κ3) is 1.61. The van der Waals surface area contributed by atoms with Gasteiger partial charge in [-0.25, -0.2) is 9.78 Å². The van der Waals surface area contributed by atoms with Crippen LogP contribution < -0.4 is 0 Å². The standard InChI is InChI=1S/C11H10N2O2/c1-3-7-4-8-5-9(11(14)15-2)13-10(8)12-6-7/h3-6H,1H2,2H3,(H,12,13). The van der Waals surface area contributed by atoms with Crippen molar-refractivity contribution in [1.29, 1.82) is 0 Å². The number of nitrogens with zero attached hydrogens (tertiary/aromatic N) is 1. The highest BCUT2D eigenvalue weighted by atomic mass is 16.5. The molecule has 2 rings (SSSR count). The zero-order chi connectivity index (χ0) is 10.8. The number of H-pyrrole nitrogens is 1. The summed E-state index contributed by atoms with van der Waals surface area (Å²) < 4.78 is 4.60. The number of rotatable bonds is 2. The van der Waals surface area contributed by atoms with Crippen molar-refractivity contribution < 1.29 is 9.53 Å². The summed E-state index contributed by atoms with van der Waals surface area (Å²) in [4.78, 5) is 18.3. The van der Waals surface area contributed by atoms with Crippen LogP contribution in [-0.2, 0) is 4.74 Å². The Hall–Kier alpha value is -2.10. The molecule has 0 aromatic carbocycles. The molecule has 76 valence electrons. The van der Waals surface area contributed by atoms with Gasteiger partial charge in [0.25, 0.3) is 0 Å². The van der Waals surface area contributed by atoms with Gasteiger partial charge in [0.1, 0.15) is 11.3 Å². The van der Waals surface area contributed by atoms with E-state index in [0.717, 1.165) is 10.9 Å². The number of nitrogens with one attached hydrogen (secondary N) is 1. The Morgan fingerprint density at radius 1 is 1.60 bits per heavy atom. The number of fused-ring (bicyclic) bond motifs is 1. The number of methoxy groups -OCH3 is 1. The average molecular weight is 202 g/mol. The Kier molecular flexibility index (Phi) is 2.25. The Labute approximate surface area is 86.6 Å². The number of esters is 1. The van der Waals surface area contributed by atoms with Gasteiger partial charge in [-0.15, -0.1) is 0 Å². The van der Waals surface area contributed by atoms with E-state index in [-0.39, 0.29) is 0 Å². The average Bonchev–Trinajstić information content (AvgIpc) is 2.70. The van der Waals surface area contributed by atoms with Crippen molar-refractivity contribution in [3.05, 3.63) is 36.2 Å². The largest absolute Gasteiger partial charge is 0.464 e. The number of aromatic nitrogens is 2. The third-order valence-corrected chi connectivity index (χ3v) is 2.13. The Morgan fingerprint density at radius 2 is 2.40 bits per heavy atom. The first-order valence-electron chi connectivity index (χ1n) is 4.44. The molecule has 1 N–H and O–H groups in total. The van der Waals surface area contributed by atoms with Gasteiger partial charge in [-0.3, -0.25) is 0 Å². The smallest absolute Gasteiger partial charge is 0.354 e. The summed E-state index contributed by atoms with van der Waals surface area (Å²) in [7, 11) is 1.34. The number of aromatic amines is 1. The molecular formula is C11H10N2O2. The predicted molar refractivity (Wildman–Crippen MR) is 57.5 cm³/mol. The lowest BCUT2D eigenvalue weighted by molar-refractivity contribution is 0.0595. The summed E-state index contributed by atoms with van der Waals surface area (Å²) in [6, 6.07) is 3.61. The molecule has 0 aliphatic carbocycles. The molecule has 0 aliphatic rings. The van der Waals surface area contributed by atoms with Crippen molar-refractivity contribution >= 4 is 23.1 Å². The summed E-state index contributed by atoms with van der Waals surface area (Å²) >= 11 is 0. The lowest BCUT2D eigenvalue weighted by Gasteiger charge is -1.92. The first-order chi connectivity index (χ1) is 7.24. The van der Waals surface area contributed by atoms with Crippen molar-refractivity contribution in [3.8, 4) is 0 Å². The molecule has 0 amide bonds. The summed E-state index contributed by atoms with van der Waals surface area (Å²) in [5.41, 5.74) is 1.99. The maximum Gasteiger partial charge on any atom is 0.354 e. The number of ether oxygens (including phenoxy) is 1. The molecule has 4 heteroatoms. The van der Waals surface area contributed by atoms with E-state index >= 15 is 0 Å². The monoisotopic (exact) mass is 202 g/mol. The Morgan fingerprint density at radius 3 is 3.07 bits per heavy atom. The van der Waals surface area contributed by atoms with E-state index in [2.05, 4.69) is 21.3 Å². The van der Waals surface area contributed by atoms with Crippen LogP contribution in [0, 0.1) is 0 Å². The number of hydrogen-bond donors (Lipinski definition) is 1. The quantitative estimate of drug-likeness (QED) is 0.757. The van der Waals surface area contributed by atoms with Crippen LogP contribution in [-0.4, -0.2) is 23.0 Å². The molecule has 15 heavy (non-hydrogen) atoms. The van der Waals surface area contributed by atoms with Crippen LogP contribution in [0.4, 0.5) is 0 Å². The fourth-order valence-electron chi connectivity index (χ4n) is 1.36. The highest BCUT2D eigenvalue weighted by molar-refractivity contribution is 5.94. The first kappa shape index (κ1) is 9.45. The minimum absolute atomic E-state index is 0.395. The van der Waals surface area contributed by atoms with Crippen molar-refractivity contribution in [3.63, 3.8) is 0 Å². The molecule has 0 spiro atoms. The molecule has 2 heterocycles. The highest BCUT2D eigenvalue weighted by Gasteiger charge is 2.09. The van der Waals surface area contributed by atoms with Crippen molar-refractivity contribution in [2.45, 2.75) is 0 Å². The van der Waals surface area contributed by atoms with Gasteiger partial charge < -0.3 is 9.72 Å². The zero-order valence-electron chi connectivity index (χ0n) is 8.28. The van der Waals surface area contributed by atoms with Crippen LogP contribution in [0.3, 0.4) is 0 Å². The maximum absolute atomic E-state index is 11.2. The minimum atomic E-state index is -0.395. The van der Waals surface area contributed by atoms with Crippen LogP contribution in [0.1, 0.15) is 16.1 Å². The van der Waals surface area contributed by atoms with E-state index in [4.69, 9.17) is 0 Å². The molecule has 0 fully saturated rings. The highest BCUT2D eigenvalue weighted by Crippen LogP contribution is 2.15. The van der Waals surface area contributed by atoms with Gasteiger partial charge in [-0.05, 0) is 17.7 Å². The predicted octanol–water partition coefficient (Wildman–Crippen LogP) is 1.99. The molecule has 0 atom stereocenters. The van der Waals surface area contributed by atoms with Gasteiger partial charge in [0.05, 0.1) is 7.11 Å². The van der Waals surface area contributed by atoms with Crippen molar-refractivity contribution in [1.82, 2.24) is 9.97 Å². The lowest BCUT2D eigenvalue weighted by Crippen LogP contribution is -2.00. The Balaban J connectivity index is 2.55. The molecule has 2 aromatic heterocycles. The minimum Gasteiger partial charge on any atom is -0.464 e. The van der Waals surface area contributed by atoms with Crippen molar-refractivity contribution in [2.75, 3.05) is 7.11 Å². The van der Waals surface area contributed by atoms with E-state index in [1.54, 1.807) is 18.3 Å². The summed E-state index contributed by atoms with van der Waals surface area (Å²) in [5, 5.41) is 0.868. The fourth-order valence-corrected chi connectivity index (χ4v) is 1.36. The van der Waals surface area contributed by atoms with Gasteiger partial charge in [-0.2, -0.15) is 0 Å². The molecule has 0 saturated carbocycles. The maximum atomic E-state index is 11.2. The molecule has 0 radical (unpaired) electrons. The topological polar surface area (TPSA) is 55.0 Å². The van der Waals surface area contributed by atoms with Crippen molar-refractivity contribution in [2.24, 2.45) is 0 Å². The van der Waals surface area contributed by atoms with Gasteiger partial charge in [0.2, 0.25) is 0 Å². The number of carbonyl (C=O) groups excluding carboxylic acids is 1. The number of carbonyl (C=O) groups is 1. The zero-order valence-corrected chi connectivity index (χ0v) is 8.28. The fraction of sp³-hybridized carbons (Fsp3) is 0.0909. The first-order valence-corrected chi connectivity index (χ1v) is 4.44. The van der Waals surface area contributed by atoms with E-state index in [1.165, 1.54) is 7.11 Å². The summed E-state index contributed by atoms with van der Waals surface area (Å²) in [5.74, 6) is -0.395. The van der Waals surface area contributed by atoms with E-state index in [1.807, 2.05) is 6.07 Å². The second kappa shape index (κ2) is 3.57. The SMILES string of the molecule is C=Cc1cnc2[nH]c(C(=O)OC)cc2c1. The normalized spacial score (nSPS) is 10.2. The summed E-state index contributed by atoms with van der Waals surface area (Å²) in [6.07, 6.45) is 3.39. The molecule has 0 unspecified atom stereocenters. The molecular weight excluding hydrogens is 192 g/mol.